The number of fused-ring (bicyclic) bond motifs is 1. The lowest BCUT2D eigenvalue weighted by molar-refractivity contribution is 0.620. The van der Waals surface area contributed by atoms with Crippen LogP contribution in [0, 0.1) is 0 Å². The van der Waals surface area contributed by atoms with Crippen LogP contribution >= 0.6 is 0 Å². The molecule has 0 aliphatic heterocycles. The van der Waals surface area contributed by atoms with E-state index in [2.05, 4.69) is 29.0 Å². The van der Waals surface area contributed by atoms with Gasteiger partial charge in [0.2, 0.25) is 5.89 Å². The lowest BCUT2D eigenvalue weighted by Gasteiger charge is -2.03. The Hall–Kier alpha value is -2.94. The zero-order valence-electron chi connectivity index (χ0n) is 15.0. The quantitative estimate of drug-likeness (QED) is 0.387. The third-order valence-electron chi connectivity index (χ3n) is 4.60. The van der Waals surface area contributed by atoms with Crippen molar-refractivity contribution in [3.05, 3.63) is 72.4 Å². The number of nitrogens with zero attached hydrogens (tertiary/aromatic N) is 2. The van der Waals surface area contributed by atoms with Gasteiger partial charge >= 0.3 is 0 Å². The Balaban J connectivity index is 1.59. The van der Waals surface area contributed by atoms with E-state index in [1.165, 1.54) is 24.8 Å². The number of hydrogen-bond acceptors (Lipinski definition) is 3. The Morgan fingerprint density at radius 2 is 1.77 bits per heavy atom. The Morgan fingerprint density at radius 3 is 2.54 bits per heavy atom. The predicted molar refractivity (Wildman–Crippen MR) is 106 cm³/mol. The summed E-state index contributed by atoms with van der Waals surface area (Å²) >= 11 is 0. The zero-order chi connectivity index (χ0) is 17.8. The van der Waals surface area contributed by atoms with Crippen molar-refractivity contribution in [3.8, 4) is 22.7 Å². The summed E-state index contributed by atoms with van der Waals surface area (Å²) in [6.45, 7) is 2.23. The van der Waals surface area contributed by atoms with E-state index in [1.54, 1.807) is 0 Å². The van der Waals surface area contributed by atoms with Gasteiger partial charge in [0.25, 0.3) is 0 Å². The van der Waals surface area contributed by atoms with E-state index >= 15 is 0 Å². The van der Waals surface area contributed by atoms with Crippen molar-refractivity contribution < 1.29 is 4.42 Å². The van der Waals surface area contributed by atoms with Crippen LogP contribution in [0.5, 0.6) is 0 Å². The first-order valence-corrected chi connectivity index (χ1v) is 9.25. The molecule has 4 rings (SSSR count). The zero-order valence-corrected chi connectivity index (χ0v) is 15.0. The highest BCUT2D eigenvalue weighted by atomic mass is 16.3. The fraction of sp³-hybridized carbons (Fsp3) is 0.217. The van der Waals surface area contributed by atoms with Crippen LogP contribution in [0.1, 0.15) is 31.7 Å². The average molecular weight is 342 g/mol. The smallest absolute Gasteiger partial charge is 0.227 e. The number of oxazole rings is 1. The second-order valence-electron chi connectivity index (χ2n) is 6.58. The lowest BCUT2D eigenvalue weighted by Crippen LogP contribution is -1.89. The molecule has 2 heterocycles. The summed E-state index contributed by atoms with van der Waals surface area (Å²) in [6, 6.07) is 20.3. The molecular weight excluding hydrogens is 320 g/mol. The molecule has 2 aromatic carbocycles. The van der Waals surface area contributed by atoms with Gasteiger partial charge in [-0.2, -0.15) is 0 Å². The van der Waals surface area contributed by atoms with E-state index in [4.69, 9.17) is 4.42 Å². The third kappa shape index (κ3) is 3.52. The fourth-order valence-electron chi connectivity index (χ4n) is 3.11. The van der Waals surface area contributed by atoms with Crippen molar-refractivity contribution in [2.75, 3.05) is 0 Å². The molecule has 0 aliphatic rings. The molecular formula is C23H22N2O. The fourth-order valence-corrected chi connectivity index (χ4v) is 3.11. The second-order valence-corrected chi connectivity index (χ2v) is 6.58. The van der Waals surface area contributed by atoms with Crippen LogP contribution in [0.2, 0.25) is 0 Å². The van der Waals surface area contributed by atoms with Crippen LogP contribution in [0.25, 0.3) is 33.8 Å². The van der Waals surface area contributed by atoms with Gasteiger partial charge in [0.1, 0.15) is 5.52 Å². The first kappa shape index (κ1) is 16.5. The molecule has 0 spiro atoms. The normalized spacial score (nSPS) is 11.1. The van der Waals surface area contributed by atoms with Crippen molar-refractivity contribution in [2.45, 2.75) is 32.6 Å². The molecule has 0 N–H and O–H groups in total. The molecule has 2 aromatic heterocycles. The molecule has 3 nitrogen and oxygen atoms in total. The summed E-state index contributed by atoms with van der Waals surface area (Å²) < 4.78 is 5.89. The SMILES string of the molecule is CCCCCc1ccc(-c2ccc3oc(-c4ccccc4)nc3c2)nc1. The summed E-state index contributed by atoms with van der Waals surface area (Å²) in [5, 5.41) is 0. The van der Waals surface area contributed by atoms with E-state index in [1.807, 2.05) is 54.7 Å². The Labute approximate surface area is 153 Å². The molecule has 130 valence electrons. The molecule has 3 heteroatoms. The molecule has 0 atom stereocenters. The Bertz CT molecular complexity index is 988. The molecule has 0 aliphatic carbocycles. The number of pyridine rings is 1. The Kier molecular flexibility index (Phi) is 4.78. The molecule has 0 radical (unpaired) electrons. The number of hydrogen-bond donors (Lipinski definition) is 0. The highest BCUT2D eigenvalue weighted by molar-refractivity contribution is 5.81. The minimum atomic E-state index is 0.650. The maximum atomic E-state index is 5.89. The van der Waals surface area contributed by atoms with Gasteiger partial charge < -0.3 is 4.42 Å². The van der Waals surface area contributed by atoms with Crippen LogP contribution in [-0.4, -0.2) is 9.97 Å². The van der Waals surface area contributed by atoms with Gasteiger partial charge in [0.05, 0.1) is 5.69 Å². The molecule has 0 saturated carbocycles. The van der Waals surface area contributed by atoms with Gasteiger partial charge in [-0.05, 0) is 54.8 Å². The number of aryl methyl sites for hydroxylation is 1. The molecule has 0 fully saturated rings. The largest absolute Gasteiger partial charge is 0.436 e. The molecule has 0 amide bonds. The van der Waals surface area contributed by atoms with Crippen LogP contribution in [0.4, 0.5) is 0 Å². The maximum Gasteiger partial charge on any atom is 0.227 e. The topological polar surface area (TPSA) is 38.9 Å². The maximum absolute atomic E-state index is 5.89. The summed E-state index contributed by atoms with van der Waals surface area (Å²) in [6.07, 6.45) is 6.84. The minimum absolute atomic E-state index is 0.650. The van der Waals surface area contributed by atoms with Crippen molar-refractivity contribution in [3.63, 3.8) is 0 Å². The van der Waals surface area contributed by atoms with E-state index in [0.717, 1.165) is 34.3 Å². The van der Waals surface area contributed by atoms with Crippen LogP contribution in [-0.2, 0) is 6.42 Å². The average Bonchev–Trinajstić information content (AvgIpc) is 3.13. The predicted octanol–water partition coefficient (Wildman–Crippen LogP) is 6.29. The molecule has 0 saturated heterocycles. The summed E-state index contributed by atoms with van der Waals surface area (Å²) in [4.78, 5) is 9.28. The lowest BCUT2D eigenvalue weighted by atomic mass is 10.1. The van der Waals surface area contributed by atoms with E-state index < -0.39 is 0 Å². The van der Waals surface area contributed by atoms with Gasteiger partial charge in [-0.25, -0.2) is 4.98 Å². The monoisotopic (exact) mass is 342 g/mol. The standard InChI is InChI=1S/C23H22N2O/c1-2-3-5-8-17-11-13-20(24-16-17)19-12-14-22-21(15-19)25-23(26-22)18-9-6-4-7-10-18/h4,6-7,9-16H,2-3,5,8H2,1H3. The minimum Gasteiger partial charge on any atom is -0.436 e. The van der Waals surface area contributed by atoms with Crippen LogP contribution in [0.15, 0.2) is 71.3 Å². The van der Waals surface area contributed by atoms with Gasteiger partial charge in [0, 0.05) is 17.3 Å². The molecule has 0 bridgehead atoms. The van der Waals surface area contributed by atoms with E-state index in [0.29, 0.717) is 5.89 Å². The molecule has 26 heavy (non-hydrogen) atoms. The first-order valence-electron chi connectivity index (χ1n) is 9.25. The highest BCUT2D eigenvalue weighted by Gasteiger charge is 2.09. The number of benzene rings is 2. The van der Waals surface area contributed by atoms with Gasteiger partial charge in [-0.15, -0.1) is 0 Å². The van der Waals surface area contributed by atoms with Crippen LogP contribution in [0.3, 0.4) is 0 Å². The summed E-state index contributed by atoms with van der Waals surface area (Å²) in [5.74, 6) is 0.650. The highest BCUT2D eigenvalue weighted by Crippen LogP contribution is 2.27. The first-order chi connectivity index (χ1) is 12.8. The van der Waals surface area contributed by atoms with Crippen molar-refractivity contribution in [1.29, 1.82) is 0 Å². The van der Waals surface area contributed by atoms with E-state index in [-0.39, 0.29) is 0 Å². The van der Waals surface area contributed by atoms with Crippen LogP contribution < -0.4 is 0 Å². The number of aromatic nitrogens is 2. The van der Waals surface area contributed by atoms with E-state index in [9.17, 15) is 0 Å². The van der Waals surface area contributed by atoms with Gasteiger partial charge in [0.15, 0.2) is 5.58 Å². The summed E-state index contributed by atoms with van der Waals surface area (Å²) in [5.41, 5.74) is 5.97. The third-order valence-corrected chi connectivity index (χ3v) is 4.60. The number of unbranched alkanes of at least 4 members (excludes halogenated alkanes) is 2. The van der Waals surface area contributed by atoms with Gasteiger partial charge in [-0.1, -0.05) is 44.0 Å². The molecule has 4 aromatic rings. The molecule has 0 unspecified atom stereocenters. The summed E-state index contributed by atoms with van der Waals surface area (Å²) in [7, 11) is 0. The van der Waals surface area contributed by atoms with Crippen molar-refractivity contribution in [2.24, 2.45) is 0 Å². The van der Waals surface area contributed by atoms with Crippen molar-refractivity contribution in [1.82, 2.24) is 9.97 Å². The van der Waals surface area contributed by atoms with Crippen molar-refractivity contribution >= 4 is 11.1 Å². The second kappa shape index (κ2) is 7.52. The number of rotatable bonds is 6. The Morgan fingerprint density at radius 1 is 0.885 bits per heavy atom. The van der Waals surface area contributed by atoms with Gasteiger partial charge in [-0.3, -0.25) is 4.98 Å².